The SMILES string of the molecule is CC(Cc1ccc(Cl)cc1)ON(C)O. The largest absolute Gasteiger partial charge is 0.290 e. The minimum Gasteiger partial charge on any atom is -0.290 e. The van der Waals surface area contributed by atoms with Crippen LogP contribution in [0.25, 0.3) is 0 Å². The summed E-state index contributed by atoms with van der Waals surface area (Å²) in [6.45, 7) is 1.89. The first kappa shape index (κ1) is 11.5. The van der Waals surface area contributed by atoms with Gasteiger partial charge in [-0.15, -0.1) is 0 Å². The van der Waals surface area contributed by atoms with E-state index in [9.17, 15) is 0 Å². The van der Waals surface area contributed by atoms with E-state index >= 15 is 0 Å². The summed E-state index contributed by atoms with van der Waals surface area (Å²) in [6, 6.07) is 7.57. The standard InChI is InChI=1S/C10H14ClNO2/c1-8(14-12(2)13)7-9-3-5-10(11)6-4-9/h3-6,8,13H,7H2,1-2H3. The Morgan fingerprint density at radius 2 is 2.00 bits per heavy atom. The van der Waals surface area contributed by atoms with E-state index in [1.54, 1.807) is 0 Å². The first-order valence-corrected chi connectivity index (χ1v) is 4.79. The molecule has 0 amide bonds. The van der Waals surface area contributed by atoms with Gasteiger partial charge in [0.1, 0.15) is 0 Å². The van der Waals surface area contributed by atoms with Crippen molar-refractivity contribution in [2.24, 2.45) is 0 Å². The van der Waals surface area contributed by atoms with Crippen molar-refractivity contribution in [2.75, 3.05) is 7.05 Å². The summed E-state index contributed by atoms with van der Waals surface area (Å²) in [5.41, 5.74) is 1.13. The first-order valence-electron chi connectivity index (χ1n) is 4.41. The Morgan fingerprint density at radius 3 is 2.50 bits per heavy atom. The van der Waals surface area contributed by atoms with Crippen LogP contribution in [0.1, 0.15) is 12.5 Å². The van der Waals surface area contributed by atoms with E-state index in [-0.39, 0.29) is 6.10 Å². The minimum atomic E-state index is -0.0637. The highest BCUT2D eigenvalue weighted by Gasteiger charge is 2.05. The van der Waals surface area contributed by atoms with Crippen molar-refractivity contribution in [1.82, 2.24) is 5.23 Å². The van der Waals surface area contributed by atoms with Gasteiger partial charge in [0.15, 0.2) is 0 Å². The van der Waals surface area contributed by atoms with Gasteiger partial charge >= 0.3 is 0 Å². The Labute approximate surface area is 88.8 Å². The van der Waals surface area contributed by atoms with E-state index in [1.807, 2.05) is 31.2 Å². The van der Waals surface area contributed by atoms with E-state index < -0.39 is 0 Å². The zero-order valence-electron chi connectivity index (χ0n) is 8.27. The number of hydrogen-bond donors (Lipinski definition) is 1. The average Bonchev–Trinajstić information content (AvgIpc) is 2.07. The van der Waals surface area contributed by atoms with Crippen molar-refractivity contribution in [1.29, 1.82) is 0 Å². The Hall–Kier alpha value is -0.610. The molecule has 14 heavy (non-hydrogen) atoms. The van der Waals surface area contributed by atoms with Gasteiger partial charge in [0.25, 0.3) is 0 Å². The van der Waals surface area contributed by atoms with Gasteiger partial charge < -0.3 is 0 Å². The molecule has 0 bridgehead atoms. The summed E-state index contributed by atoms with van der Waals surface area (Å²) in [5.74, 6) is 0. The Bertz CT molecular complexity index is 274. The van der Waals surface area contributed by atoms with Crippen LogP contribution in [0, 0.1) is 0 Å². The molecule has 0 saturated carbocycles. The highest BCUT2D eigenvalue weighted by atomic mass is 35.5. The Kier molecular flexibility index (Phi) is 4.35. The number of hydrogen-bond acceptors (Lipinski definition) is 3. The van der Waals surface area contributed by atoms with Gasteiger partial charge in [0.2, 0.25) is 0 Å². The molecule has 3 nitrogen and oxygen atoms in total. The maximum Gasteiger partial charge on any atom is 0.0831 e. The second kappa shape index (κ2) is 5.32. The molecule has 0 saturated heterocycles. The van der Waals surface area contributed by atoms with Crippen LogP contribution in [0.4, 0.5) is 0 Å². The van der Waals surface area contributed by atoms with Gasteiger partial charge in [-0.25, -0.2) is 0 Å². The van der Waals surface area contributed by atoms with Crippen LogP contribution >= 0.6 is 11.6 Å². The van der Waals surface area contributed by atoms with Gasteiger partial charge in [0.05, 0.1) is 6.10 Å². The van der Waals surface area contributed by atoms with Crippen LogP contribution in [0.2, 0.25) is 5.02 Å². The molecule has 1 unspecified atom stereocenters. The van der Waals surface area contributed by atoms with Crippen molar-refractivity contribution in [3.05, 3.63) is 34.9 Å². The van der Waals surface area contributed by atoms with Gasteiger partial charge in [-0.3, -0.25) is 10.0 Å². The molecule has 1 aromatic rings. The highest BCUT2D eigenvalue weighted by Crippen LogP contribution is 2.12. The highest BCUT2D eigenvalue weighted by molar-refractivity contribution is 6.30. The number of nitrogens with zero attached hydrogens (tertiary/aromatic N) is 1. The molecule has 1 aromatic carbocycles. The topological polar surface area (TPSA) is 32.7 Å². The van der Waals surface area contributed by atoms with E-state index in [0.717, 1.165) is 22.2 Å². The van der Waals surface area contributed by atoms with Crippen molar-refractivity contribution >= 4 is 11.6 Å². The maximum absolute atomic E-state index is 8.83. The fraction of sp³-hybridized carbons (Fsp3) is 0.400. The summed E-state index contributed by atoms with van der Waals surface area (Å²) >= 11 is 5.75. The summed E-state index contributed by atoms with van der Waals surface area (Å²) < 4.78 is 0. The first-order chi connectivity index (χ1) is 6.58. The lowest BCUT2D eigenvalue weighted by Crippen LogP contribution is -2.22. The fourth-order valence-corrected chi connectivity index (χ4v) is 1.38. The van der Waals surface area contributed by atoms with Crippen LogP contribution in [-0.2, 0) is 11.3 Å². The molecule has 0 spiro atoms. The molecular weight excluding hydrogens is 202 g/mol. The number of benzene rings is 1. The lowest BCUT2D eigenvalue weighted by molar-refractivity contribution is -0.342. The van der Waals surface area contributed by atoms with Crippen molar-refractivity contribution < 1.29 is 10.0 Å². The van der Waals surface area contributed by atoms with E-state index in [2.05, 4.69) is 0 Å². The number of halogens is 1. The predicted molar refractivity (Wildman–Crippen MR) is 55.3 cm³/mol. The summed E-state index contributed by atoms with van der Waals surface area (Å²) in [7, 11) is 1.44. The molecular formula is C10H14ClNO2. The zero-order chi connectivity index (χ0) is 10.6. The zero-order valence-corrected chi connectivity index (χ0v) is 9.03. The minimum absolute atomic E-state index is 0.0637. The van der Waals surface area contributed by atoms with Crippen LogP contribution in [-0.4, -0.2) is 23.6 Å². The molecule has 1 N–H and O–H groups in total. The Morgan fingerprint density at radius 1 is 1.43 bits per heavy atom. The molecule has 1 rings (SSSR count). The predicted octanol–water partition coefficient (Wildman–Crippen LogP) is 2.52. The summed E-state index contributed by atoms with van der Waals surface area (Å²) in [5, 5.41) is 10.3. The fourth-order valence-electron chi connectivity index (χ4n) is 1.25. The normalized spacial score (nSPS) is 13.2. The summed E-state index contributed by atoms with van der Waals surface area (Å²) in [6.07, 6.45) is 0.674. The van der Waals surface area contributed by atoms with Crippen molar-refractivity contribution in [2.45, 2.75) is 19.4 Å². The quantitative estimate of drug-likeness (QED) is 0.784. The third-order valence-corrected chi connectivity index (χ3v) is 2.02. The molecule has 0 aliphatic rings. The second-order valence-electron chi connectivity index (χ2n) is 3.21. The van der Waals surface area contributed by atoms with Crippen molar-refractivity contribution in [3.63, 3.8) is 0 Å². The third-order valence-electron chi connectivity index (χ3n) is 1.77. The molecule has 0 fully saturated rings. The molecule has 0 radical (unpaired) electrons. The number of rotatable bonds is 4. The molecule has 0 aliphatic carbocycles. The maximum atomic E-state index is 8.83. The monoisotopic (exact) mass is 215 g/mol. The van der Waals surface area contributed by atoms with Gasteiger partial charge in [-0.2, -0.15) is 0 Å². The van der Waals surface area contributed by atoms with Gasteiger partial charge in [-0.1, -0.05) is 29.0 Å². The van der Waals surface area contributed by atoms with Crippen LogP contribution < -0.4 is 0 Å². The number of hydroxylamine groups is 2. The van der Waals surface area contributed by atoms with E-state index in [0.29, 0.717) is 0 Å². The average molecular weight is 216 g/mol. The van der Waals surface area contributed by atoms with Gasteiger partial charge in [-0.05, 0) is 24.6 Å². The van der Waals surface area contributed by atoms with Crippen molar-refractivity contribution in [3.8, 4) is 0 Å². The molecule has 0 heterocycles. The molecule has 78 valence electrons. The molecule has 1 atom stereocenters. The Balaban J connectivity index is 2.47. The molecule has 4 heteroatoms. The lowest BCUT2D eigenvalue weighted by atomic mass is 10.1. The smallest absolute Gasteiger partial charge is 0.0831 e. The summed E-state index contributed by atoms with van der Waals surface area (Å²) in [4.78, 5) is 5.04. The van der Waals surface area contributed by atoms with Crippen LogP contribution in [0.3, 0.4) is 0 Å². The molecule has 0 aliphatic heterocycles. The van der Waals surface area contributed by atoms with E-state index in [4.69, 9.17) is 21.6 Å². The molecule has 0 aromatic heterocycles. The van der Waals surface area contributed by atoms with Gasteiger partial charge in [0, 0.05) is 18.5 Å². The van der Waals surface area contributed by atoms with Crippen LogP contribution in [0.5, 0.6) is 0 Å². The lowest BCUT2D eigenvalue weighted by Gasteiger charge is -2.15. The second-order valence-corrected chi connectivity index (χ2v) is 3.65. The van der Waals surface area contributed by atoms with E-state index in [1.165, 1.54) is 7.05 Å². The third kappa shape index (κ3) is 4.07. The van der Waals surface area contributed by atoms with Crippen LogP contribution in [0.15, 0.2) is 24.3 Å².